The molecule has 154 valence electrons. The summed E-state index contributed by atoms with van der Waals surface area (Å²) in [6.07, 6.45) is 1.89. The van der Waals surface area contributed by atoms with Crippen LogP contribution in [0.1, 0.15) is 17.0 Å². The number of rotatable bonds is 5. The second-order valence-electron chi connectivity index (χ2n) is 7.63. The first-order valence-corrected chi connectivity index (χ1v) is 10.5. The van der Waals surface area contributed by atoms with Gasteiger partial charge in [-0.05, 0) is 40.6 Å². The lowest BCUT2D eigenvalue weighted by molar-refractivity contribution is 0.306. The van der Waals surface area contributed by atoms with E-state index >= 15 is 0 Å². The average Bonchev–Trinajstić information content (AvgIpc) is 3.18. The zero-order valence-corrected chi connectivity index (χ0v) is 17.7. The van der Waals surface area contributed by atoms with E-state index in [0.29, 0.717) is 18.0 Å². The zero-order valence-electron chi connectivity index (χ0n) is 17.7. The van der Waals surface area contributed by atoms with Crippen molar-refractivity contribution in [1.29, 1.82) is 5.26 Å². The minimum atomic E-state index is 0.453. The molecule has 0 saturated carbocycles. The van der Waals surface area contributed by atoms with E-state index in [1.165, 1.54) is 0 Å². The van der Waals surface area contributed by atoms with Crippen molar-refractivity contribution in [2.45, 2.75) is 6.61 Å². The molecule has 0 saturated heterocycles. The van der Waals surface area contributed by atoms with Crippen LogP contribution in [-0.2, 0) is 13.7 Å². The molecule has 0 aliphatic heterocycles. The first kappa shape index (κ1) is 19.6. The molecule has 0 bridgehead atoms. The Kier molecular flexibility index (Phi) is 5.15. The van der Waals surface area contributed by atoms with Crippen molar-refractivity contribution in [3.8, 4) is 11.8 Å². The molecular weight excluding hydrogens is 394 g/mol. The van der Waals surface area contributed by atoms with Crippen molar-refractivity contribution in [3.63, 3.8) is 0 Å². The maximum absolute atomic E-state index is 10.0. The molecule has 0 unspecified atom stereocenters. The van der Waals surface area contributed by atoms with Crippen molar-refractivity contribution in [2.24, 2.45) is 7.05 Å². The minimum Gasteiger partial charge on any atom is -0.488 e. The summed E-state index contributed by atoms with van der Waals surface area (Å²) < 4.78 is 8.18. The summed E-state index contributed by atoms with van der Waals surface area (Å²) in [5.41, 5.74) is 4.31. The fraction of sp³-hybridized carbons (Fsp3) is 0.0714. The van der Waals surface area contributed by atoms with E-state index in [4.69, 9.17) is 9.72 Å². The summed E-state index contributed by atoms with van der Waals surface area (Å²) in [6, 6.07) is 32.5. The summed E-state index contributed by atoms with van der Waals surface area (Å²) in [7, 11) is 1.94. The Bertz CT molecular complexity index is 1490. The Morgan fingerprint density at radius 2 is 1.69 bits per heavy atom. The number of fused-ring (bicyclic) bond motifs is 2. The van der Waals surface area contributed by atoms with Crippen molar-refractivity contribution in [1.82, 2.24) is 9.55 Å². The predicted octanol–water partition coefficient (Wildman–Crippen LogP) is 6.37. The smallest absolute Gasteiger partial charge is 0.151 e. The third kappa shape index (κ3) is 3.61. The van der Waals surface area contributed by atoms with Crippen LogP contribution in [0, 0.1) is 11.3 Å². The van der Waals surface area contributed by atoms with E-state index in [9.17, 15) is 5.26 Å². The molecule has 0 radical (unpaired) electrons. The van der Waals surface area contributed by atoms with Crippen LogP contribution in [0.3, 0.4) is 0 Å². The van der Waals surface area contributed by atoms with Gasteiger partial charge in [-0.2, -0.15) is 5.26 Å². The van der Waals surface area contributed by atoms with Gasteiger partial charge in [0.15, 0.2) is 5.82 Å². The Hall–Kier alpha value is -4.36. The number of benzene rings is 4. The summed E-state index contributed by atoms with van der Waals surface area (Å²) in [6.45, 7) is 0.453. The van der Waals surface area contributed by atoms with Crippen molar-refractivity contribution >= 4 is 33.5 Å². The van der Waals surface area contributed by atoms with E-state index in [1.54, 1.807) is 0 Å². The third-order valence-electron chi connectivity index (χ3n) is 5.61. The molecule has 0 aliphatic carbocycles. The number of aryl methyl sites for hydroxylation is 1. The molecule has 0 N–H and O–H groups in total. The van der Waals surface area contributed by atoms with Gasteiger partial charge in [-0.1, -0.05) is 72.8 Å². The van der Waals surface area contributed by atoms with Crippen LogP contribution in [0.25, 0.3) is 33.5 Å². The number of para-hydroxylation sites is 2. The van der Waals surface area contributed by atoms with E-state index in [2.05, 4.69) is 18.2 Å². The van der Waals surface area contributed by atoms with E-state index in [-0.39, 0.29) is 0 Å². The highest BCUT2D eigenvalue weighted by molar-refractivity contribution is 6.00. The summed E-state index contributed by atoms with van der Waals surface area (Å²) in [4.78, 5) is 4.71. The van der Waals surface area contributed by atoms with E-state index in [1.807, 2.05) is 96.6 Å². The van der Waals surface area contributed by atoms with Gasteiger partial charge in [0.1, 0.15) is 18.4 Å². The Labute approximate surface area is 186 Å². The van der Waals surface area contributed by atoms with Gasteiger partial charge in [0.05, 0.1) is 16.6 Å². The van der Waals surface area contributed by atoms with E-state index in [0.717, 1.165) is 38.7 Å². The largest absolute Gasteiger partial charge is 0.488 e. The minimum absolute atomic E-state index is 0.453. The monoisotopic (exact) mass is 415 g/mol. The summed E-state index contributed by atoms with van der Waals surface area (Å²) >= 11 is 0. The van der Waals surface area contributed by atoms with Gasteiger partial charge in [0, 0.05) is 12.6 Å². The molecule has 0 amide bonds. The van der Waals surface area contributed by atoms with Gasteiger partial charge in [-0.25, -0.2) is 4.98 Å². The Morgan fingerprint density at radius 1 is 0.938 bits per heavy atom. The molecule has 0 fully saturated rings. The van der Waals surface area contributed by atoms with Crippen LogP contribution in [0.5, 0.6) is 5.75 Å². The number of hydrogen-bond donors (Lipinski definition) is 0. The first-order chi connectivity index (χ1) is 15.7. The highest BCUT2D eigenvalue weighted by Gasteiger charge is 2.15. The number of ether oxygens (including phenoxy) is 1. The summed E-state index contributed by atoms with van der Waals surface area (Å²) in [5.74, 6) is 1.37. The number of aromatic nitrogens is 2. The maximum atomic E-state index is 10.0. The molecule has 0 aliphatic rings. The van der Waals surface area contributed by atoms with Gasteiger partial charge >= 0.3 is 0 Å². The maximum Gasteiger partial charge on any atom is 0.151 e. The topological polar surface area (TPSA) is 50.8 Å². The number of allylic oxidation sites excluding steroid dienone is 1. The Balaban J connectivity index is 1.64. The lowest BCUT2D eigenvalue weighted by atomic mass is 10.0. The number of nitrogens with zero attached hydrogens (tertiary/aromatic N) is 3. The number of imidazole rings is 1. The van der Waals surface area contributed by atoms with Gasteiger partial charge in [-0.15, -0.1) is 0 Å². The molecule has 4 nitrogen and oxygen atoms in total. The molecule has 0 spiro atoms. The molecule has 5 aromatic rings. The second-order valence-corrected chi connectivity index (χ2v) is 7.63. The quantitative estimate of drug-likeness (QED) is 0.313. The molecule has 1 heterocycles. The van der Waals surface area contributed by atoms with Crippen LogP contribution in [-0.4, -0.2) is 9.55 Å². The molecule has 32 heavy (non-hydrogen) atoms. The SMILES string of the molecule is Cn1c(/C(C#N)=C/c2c(OCc3ccccc3)ccc3ccccc23)nc2ccccc21. The number of hydrogen-bond acceptors (Lipinski definition) is 3. The average molecular weight is 415 g/mol. The van der Waals surface area contributed by atoms with Gasteiger partial charge < -0.3 is 9.30 Å². The standard InChI is InChI=1S/C28H21N3O/c1-31-26-14-8-7-13-25(26)30-28(31)22(18-29)17-24-23-12-6-5-11-21(23)15-16-27(24)32-19-20-9-3-2-4-10-20/h2-17H,19H2,1H3/b22-17+. The highest BCUT2D eigenvalue weighted by Crippen LogP contribution is 2.33. The fourth-order valence-corrected chi connectivity index (χ4v) is 3.96. The normalized spacial score (nSPS) is 11.6. The molecular formula is C28H21N3O. The third-order valence-corrected chi connectivity index (χ3v) is 5.61. The van der Waals surface area contributed by atoms with Crippen LogP contribution in [0.4, 0.5) is 0 Å². The molecule has 1 aromatic heterocycles. The zero-order chi connectivity index (χ0) is 21.9. The van der Waals surface area contributed by atoms with Gasteiger partial charge in [0.2, 0.25) is 0 Å². The van der Waals surface area contributed by atoms with Gasteiger partial charge in [-0.3, -0.25) is 0 Å². The molecule has 4 heteroatoms. The summed E-state index contributed by atoms with van der Waals surface area (Å²) in [5, 5.41) is 12.2. The van der Waals surface area contributed by atoms with Crippen molar-refractivity contribution in [2.75, 3.05) is 0 Å². The molecule has 5 rings (SSSR count). The highest BCUT2D eigenvalue weighted by atomic mass is 16.5. The second kappa shape index (κ2) is 8.41. The molecule has 4 aromatic carbocycles. The first-order valence-electron chi connectivity index (χ1n) is 10.5. The van der Waals surface area contributed by atoms with E-state index < -0.39 is 0 Å². The van der Waals surface area contributed by atoms with Crippen LogP contribution >= 0.6 is 0 Å². The van der Waals surface area contributed by atoms with Crippen LogP contribution in [0.2, 0.25) is 0 Å². The van der Waals surface area contributed by atoms with Crippen LogP contribution < -0.4 is 4.74 Å². The lowest BCUT2D eigenvalue weighted by Gasteiger charge is -2.13. The van der Waals surface area contributed by atoms with Gasteiger partial charge in [0.25, 0.3) is 0 Å². The van der Waals surface area contributed by atoms with Crippen molar-refractivity contribution in [3.05, 3.63) is 108 Å². The van der Waals surface area contributed by atoms with Crippen LogP contribution in [0.15, 0.2) is 91.0 Å². The predicted molar refractivity (Wildman–Crippen MR) is 129 cm³/mol. The Morgan fingerprint density at radius 3 is 2.50 bits per heavy atom. The molecule has 0 atom stereocenters. The van der Waals surface area contributed by atoms with Crippen molar-refractivity contribution < 1.29 is 4.74 Å². The number of nitriles is 1. The lowest BCUT2D eigenvalue weighted by Crippen LogP contribution is -1.99. The fourth-order valence-electron chi connectivity index (χ4n) is 3.96.